The molecule has 0 radical (unpaired) electrons. The van der Waals surface area contributed by atoms with E-state index in [1.807, 2.05) is 6.08 Å². The number of carbonyl (C=O) groups is 1. The highest BCUT2D eigenvalue weighted by atomic mass is 16.7. The zero-order valence-corrected chi connectivity index (χ0v) is 41.4. The van der Waals surface area contributed by atoms with Gasteiger partial charge in [0.25, 0.3) is 0 Å². The van der Waals surface area contributed by atoms with Gasteiger partial charge >= 0.3 is 0 Å². The highest BCUT2D eigenvalue weighted by molar-refractivity contribution is 5.76. The molecular weight excluding hydrogens is 827 g/mol. The predicted molar refractivity (Wildman–Crippen MR) is 276 cm³/mol. The molecule has 1 heterocycles. The van der Waals surface area contributed by atoms with Gasteiger partial charge < -0.3 is 40.3 Å². The first kappa shape index (κ1) is 60.9. The smallest absolute Gasteiger partial charge is 0.220 e. The number of nitrogens with one attached hydrogen (secondary N) is 1. The molecule has 6 N–H and O–H groups in total. The molecule has 1 fully saturated rings. The molecule has 1 amide bonds. The summed E-state index contributed by atoms with van der Waals surface area (Å²) in [6, 6.07) is -0.837. The summed E-state index contributed by atoms with van der Waals surface area (Å²) in [5, 5.41) is 54.3. The summed E-state index contributed by atoms with van der Waals surface area (Å²) in [6.45, 7) is 3.60. The Bertz CT molecular complexity index is 1390. The van der Waals surface area contributed by atoms with E-state index in [0.717, 1.165) is 103 Å². The van der Waals surface area contributed by atoms with Crippen molar-refractivity contribution in [1.29, 1.82) is 0 Å². The normalized spacial score (nSPS) is 20.7. The van der Waals surface area contributed by atoms with E-state index in [-0.39, 0.29) is 12.5 Å². The minimum Gasteiger partial charge on any atom is -0.394 e. The average Bonchev–Trinajstić information content (AvgIpc) is 3.32. The first-order chi connectivity index (χ1) is 32.3. The summed E-state index contributed by atoms with van der Waals surface area (Å²) >= 11 is 0. The number of carbonyl (C=O) groups excluding carboxylic acids is 1. The molecule has 0 spiro atoms. The lowest BCUT2D eigenvalue weighted by molar-refractivity contribution is -0.302. The van der Waals surface area contributed by atoms with Gasteiger partial charge in [-0.2, -0.15) is 0 Å². The van der Waals surface area contributed by atoms with Crippen LogP contribution in [-0.4, -0.2) is 87.5 Å². The second-order valence-corrected chi connectivity index (χ2v) is 17.6. The minimum absolute atomic E-state index is 0.202. The molecule has 0 aromatic rings. The summed E-state index contributed by atoms with van der Waals surface area (Å²) in [5.41, 5.74) is 0. The number of hydrogen-bond acceptors (Lipinski definition) is 8. The van der Waals surface area contributed by atoms with Gasteiger partial charge in [0.1, 0.15) is 24.4 Å². The van der Waals surface area contributed by atoms with Gasteiger partial charge in [-0.05, 0) is 96.3 Å². The molecule has 0 aliphatic carbocycles. The van der Waals surface area contributed by atoms with Crippen LogP contribution in [0.4, 0.5) is 0 Å². The summed E-state index contributed by atoms with van der Waals surface area (Å²) in [7, 11) is 0. The van der Waals surface area contributed by atoms with Gasteiger partial charge in [-0.25, -0.2) is 0 Å². The number of aliphatic hydroxyl groups excluding tert-OH is 5. The highest BCUT2D eigenvalue weighted by Gasteiger charge is 2.44. The Morgan fingerprint density at radius 2 is 0.955 bits per heavy atom. The van der Waals surface area contributed by atoms with E-state index in [2.05, 4.69) is 116 Å². The Balaban J connectivity index is 2.26. The highest BCUT2D eigenvalue weighted by Crippen LogP contribution is 2.22. The van der Waals surface area contributed by atoms with Gasteiger partial charge in [0.15, 0.2) is 6.29 Å². The first-order valence-corrected chi connectivity index (χ1v) is 26.1. The van der Waals surface area contributed by atoms with Crippen LogP contribution < -0.4 is 5.32 Å². The molecule has 0 bridgehead atoms. The second-order valence-electron chi connectivity index (χ2n) is 17.6. The number of ether oxygens (including phenoxy) is 2. The number of aliphatic hydroxyl groups is 5. The average molecular weight is 922 g/mol. The van der Waals surface area contributed by atoms with E-state index in [0.29, 0.717) is 6.42 Å². The maximum Gasteiger partial charge on any atom is 0.220 e. The molecule has 9 nitrogen and oxygen atoms in total. The molecule has 7 unspecified atom stereocenters. The van der Waals surface area contributed by atoms with Gasteiger partial charge in [0.2, 0.25) is 5.91 Å². The summed E-state index contributed by atoms with van der Waals surface area (Å²) < 4.78 is 11.2. The van der Waals surface area contributed by atoms with Crippen molar-refractivity contribution in [2.24, 2.45) is 0 Å². The van der Waals surface area contributed by atoms with Crippen LogP contribution in [0, 0.1) is 0 Å². The first-order valence-electron chi connectivity index (χ1n) is 26.1. The maximum atomic E-state index is 13.0. The van der Waals surface area contributed by atoms with Crippen LogP contribution in [0.15, 0.2) is 109 Å². The number of amides is 1. The fourth-order valence-electron chi connectivity index (χ4n) is 7.42. The van der Waals surface area contributed by atoms with Crippen molar-refractivity contribution in [3.05, 3.63) is 109 Å². The SMILES string of the molecule is CC/C=C\C/C=C\C/C=C\C/C=C\C/C=C\C/C=C\CCCCCCCCCCCCC(=O)NC(COC1OC(CO)C(O)C(O)C1O)C(O)/C=C/CC/C=C/CC/C=C/CCCCCC. The Labute approximate surface area is 402 Å². The van der Waals surface area contributed by atoms with E-state index in [9.17, 15) is 30.3 Å². The Hall–Kier alpha value is -3.15. The summed E-state index contributed by atoms with van der Waals surface area (Å²) in [4.78, 5) is 13.0. The molecule has 7 atom stereocenters. The van der Waals surface area contributed by atoms with Crippen LogP contribution in [-0.2, 0) is 14.3 Å². The number of rotatable bonds is 42. The van der Waals surface area contributed by atoms with Crippen molar-refractivity contribution in [3.8, 4) is 0 Å². The van der Waals surface area contributed by atoms with Crippen LogP contribution in [0.3, 0.4) is 0 Å². The third kappa shape index (κ3) is 35.1. The van der Waals surface area contributed by atoms with E-state index in [1.54, 1.807) is 6.08 Å². The van der Waals surface area contributed by atoms with Crippen molar-refractivity contribution in [2.75, 3.05) is 13.2 Å². The standard InChI is InChI=1S/C57H95NO8/c1-3-5-7-9-11-13-15-17-19-20-21-22-23-24-25-26-27-28-29-30-31-32-33-35-37-39-41-43-45-47-53(61)58-50(49-65-57-56(64)55(63)54(62)52(48-59)66-57)51(60)46-44-42-40-38-36-34-18-16-14-12-10-8-6-4-2/h5,7,11,13-14,16-17,19,21-22,24-25,27-28,36,38,44,46,50-52,54-57,59-60,62-64H,3-4,6,8-10,12,15,18,20,23,26,29-35,37,39-43,45,47-49H2,1-2H3,(H,58,61)/b7-5-,13-11-,16-14+,19-17-,22-21-,25-24-,28-27-,38-36+,46-44+. The van der Waals surface area contributed by atoms with Crippen LogP contribution in [0.25, 0.3) is 0 Å². The van der Waals surface area contributed by atoms with Gasteiger partial charge in [-0.3, -0.25) is 4.79 Å². The van der Waals surface area contributed by atoms with E-state index < -0.39 is 49.5 Å². The van der Waals surface area contributed by atoms with Crippen LogP contribution in [0.5, 0.6) is 0 Å². The topological polar surface area (TPSA) is 149 Å². The van der Waals surface area contributed by atoms with Crippen molar-refractivity contribution < 1.29 is 39.8 Å². The molecular formula is C57H95NO8. The zero-order chi connectivity index (χ0) is 48.0. The molecule has 1 saturated heterocycles. The van der Waals surface area contributed by atoms with Gasteiger partial charge in [0, 0.05) is 6.42 Å². The predicted octanol–water partition coefficient (Wildman–Crippen LogP) is 12.2. The van der Waals surface area contributed by atoms with E-state index in [1.165, 1.54) is 64.2 Å². The quantitative estimate of drug-likeness (QED) is 0.0262. The van der Waals surface area contributed by atoms with E-state index >= 15 is 0 Å². The second kappa shape index (κ2) is 45.6. The molecule has 1 aliphatic heterocycles. The lowest BCUT2D eigenvalue weighted by atomic mass is 9.99. The molecule has 0 aromatic heterocycles. The summed E-state index contributed by atoms with van der Waals surface area (Å²) in [6.07, 6.45) is 60.0. The van der Waals surface area contributed by atoms with Crippen LogP contribution >= 0.6 is 0 Å². The molecule has 1 rings (SSSR count). The Morgan fingerprint density at radius 1 is 0.530 bits per heavy atom. The number of unbranched alkanes of at least 4 members (excludes halogenated alkanes) is 16. The molecule has 0 aromatic carbocycles. The number of hydrogen-bond donors (Lipinski definition) is 6. The fraction of sp³-hybridized carbons (Fsp3) is 0.667. The molecule has 9 heteroatoms. The van der Waals surface area contributed by atoms with Crippen molar-refractivity contribution in [1.82, 2.24) is 5.32 Å². The van der Waals surface area contributed by atoms with Crippen LogP contribution in [0.1, 0.15) is 187 Å². The van der Waals surface area contributed by atoms with Crippen molar-refractivity contribution in [2.45, 2.75) is 230 Å². The third-order valence-electron chi connectivity index (χ3n) is 11.6. The third-order valence-corrected chi connectivity index (χ3v) is 11.6. The molecule has 1 aliphatic rings. The molecule has 0 saturated carbocycles. The number of allylic oxidation sites excluding steroid dienone is 17. The molecule has 376 valence electrons. The fourth-order valence-corrected chi connectivity index (χ4v) is 7.42. The van der Waals surface area contributed by atoms with E-state index in [4.69, 9.17) is 9.47 Å². The molecule has 66 heavy (non-hydrogen) atoms. The van der Waals surface area contributed by atoms with Crippen LogP contribution in [0.2, 0.25) is 0 Å². The monoisotopic (exact) mass is 922 g/mol. The maximum absolute atomic E-state index is 13.0. The van der Waals surface area contributed by atoms with Gasteiger partial charge in [-0.1, -0.05) is 194 Å². The largest absolute Gasteiger partial charge is 0.394 e. The zero-order valence-electron chi connectivity index (χ0n) is 41.4. The lowest BCUT2D eigenvalue weighted by Gasteiger charge is -2.40. The van der Waals surface area contributed by atoms with Crippen molar-refractivity contribution in [3.63, 3.8) is 0 Å². The lowest BCUT2D eigenvalue weighted by Crippen LogP contribution is -2.60. The minimum atomic E-state index is -1.58. The van der Waals surface area contributed by atoms with Gasteiger partial charge in [-0.15, -0.1) is 0 Å². The van der Waals surface area contributed by atoms with Gasteiger partial charge in [0.05, 0.1) is 25.4 Å². The summed E-state index contributed by atoms with van der Waals surface area (Å²) in [5.74, 6) is -0.202. The Kier molecular flexibility index (Phi) is 42.1. The Morgan fingerprint density at radius 3 is 1.45 bits per heavy atom. The van der Waals surface area contributed by atoms with Crippen molar-refractivity contribution >= 4 is 5.91 Å².